The van der Waals surface area contributed by atoms with Crippen LogP contribution in [0.1, 0.15) is 44.4 Å². The number of nitrogens with zero attached hydrogens (tertiary/aromatic N) is 3. The molecule has 0 saturated carbocycles. The van der Waals surface area contributed by atoms with Gasteiger partial charge in [-0.1, -0.05) is 18.2 Å². The molecule has 0 aliphatic carbocycles. The van der Waals surface area contributed by atoms with Gasteiger partial charge >= 0.3 is 6.09 Å². The predicted octanol–water partition coefficient (Wildman–Crippen LogP) is 4.19. The molecule has 5 rings (SSSR count). The summed E-state index contributed by atoms with van der Waals surface area (Å²) in [6.45, 7) is 3.36. The molecule has 4 bridgehead atoms. The fourth-order valence-electron chi connectivity index (χ4n) is 4.08. The summed E-state index contributed by atoms with van der Waals surface area (Å²) in [5, 5.41) is 8.68. The van der Waals surface area contributed by atoms with Crippen LogP contribution in [0.15, 0.2) is 36.5 Å². The molecule has 0 spiro atoms. The summed E-state index contributed by atoms with van der Waals surface area (Å²) in [5.41, 5.74) is 3.61. The summed E-state index contributed by atoms with van der Waals surface area (Å²) in [5.74, 6) is 0.541. The molecule has 162 valence electrons. The maximum Gasteiger partial charge on any atom is 0.407 e. The Balaban J connectivity index is 1.63. The lowest BCUT2D eigenvalue weighted by molar-refractivity contribution is -0.0365. The highest BCUT2D eigenvalue weighted by molar-refractivity contribution is 5.93. The van der Waals surface area contributed by atoms with Crippen LogP contribution in [0.25, 0.3) is 22.2 Å². The fourth-order valence-corrected chi connectivity index (χ4v) is 4.08. The number of alkyl carbamates (subject to hydrolysis) is 1. The van der Waals surface area contributed by atoms with Crippen LogP contribution in [0.3, 0.4) is 0 Å². The second kappa shape index (κ2) is 8.55. The van der Waals surface area contributed by atoms with Crippen LogP contribution in [0.2, 0.25) is 0 Å². The second-order valence-electron chi connectivity index (χ2n) is 8.07. The first-order valence-electron chi connectivity index (χ1n) is 10.8. The van der Waals surface area contributed by atoms with Crippen molar-refractivity contribution in [3.63, 3.8) is 0 Å². The van der Waals surface area contributed by atoms with Gasteiger partial charge < -0.3 is 19.5 Å². The van der Waals surface area contributed by atoms with E-state index in [1.165, 1.54) is 0 Å². The molecule has 2 aliphatic rings. The molecule has 31 heavy (non-hydrogen) atoms. The third-order valence-electron chi connectivity index (χ3n) is 5.71. The Morgan fingerprint density at radius 3 is 3.00 bits per heavy atom. The molecule has 0 radical (unpaired) electrons. The number of nitrogens with one attached hydrogen (secondary N) is 1. The van der Waals surface area contributed by atoms with Crippen LogP contribution in [0.4, 0.5) is 4.79 Å². The molecular weight excluding hydrogens is 396 g/mol. The second-order valence-corrected chi connectivity index (χ2v) is 8.07. The molecule has 2 aliphatic heterocycles. The number of hydrogen-bond acceptors (Lipinski definition) is 6. The van der Waals surface area contributed by atoms with Crippen molar-refractivity contribution >= 4 is 17.0 Å². The number of ether oxygens (including phenoxy) is 3. The third-order valence-corrected chi connectivity index (χ3v) is 5.71. The lowest BCUT2D eigenvalue weighted by Crippen LogP contribution is -2.28. The smallest absolute Gasteiger partial charge is 0.407 e. The van der Waals surface area contributed by atoms with E-state index in [4.69, 9.17) is 19.3 Å². The number of carbonyl (C=O) groups is 1. The number of fused-ring (bicyclic) bond motifs is 4. The Morgan fingerprint density at radius 1 is 1.19 bits per heavy atom. The van der Waals surface area contributed by atoms with Crippen molar-refractivity contribution in [2.45, 2.75) is 51.5 Å². The zero-order valence-corrected chi connectivity index (χ0v) is 17.5. The van der Waals surface area contributed by atoms with E-state index in [1.807, 2.05) is 48.1 Å². The van der Waals surface area contributed by atoms with Crippen LogP contribution in [-0.2, 0) is 16.1 Å². The van der Waals surface area contributed by atoms with Crippen molar-refractivity contribution in [1.82, 2.24) is 20.1 Å². The van der Waals surface area contributed by atoms with Gasteiger partial charge in [0.05, 0.1) is 17.8 Å². The summed E-state index contributed by atoms with van der Waals surface area (Å²) < 4.78 is 19.3. The van der Waals surface area contributed by atoms with E-state index in [2.05, 4.69) is 10.3 Å². The van der Waals surface area contributed by atoms with Gasteiger partial charge in [0, 0.05) is 36.6 Å². The Bertz CT molecular complexity index is 1090. The van der Waals surface area contributed by atoms with Gasteiger partial charge in [-0.05, 0) is 37.8 Å². The number of pyridine rings is 1. The van der Waals surface area contributed by atoms with E-state index in [-0.39, 0.29) is 18.9 Å². The van der Waals surface area contributed by atoms with Crippen molar-refractivity contribution in [1.29, 1.82) is 0 Å². The zero-order valence-electron chi connectivity index (χ0n) is 17.5. The van der Waals surface area contributed by atoms with E-state index in [0.717, 1.165) is 53.6 Å². The number of rotatable bonds is 1. The molecule has 1 amide bonds. The number of carbonyl (C=O) groups excluding carboxylic acids is 1. The minimum atomic E-state index is -0.438. The predicted molar refractivity (Wildman–Crippen MR) is 115 cm³/mol. The minimum Gasteiger partial charge on any atom is -0.475 e. The average Bonchev–Trinajstić information content (AvgIpc) is 3.17. The maximum atomic E-state index is 12.0. The molecule has 2 aromatic heterocycles. The summed E-state index contributed by atoms with van der Waals surface area (Å²) in [7, 11) is 0. The van der Waals surface area contributed by atoms with Gasteiger partial charge in [-0.15, -0.1) is 0 Å². The van der Waals surface area contributed by atoms with Gasteiger partial charge in [-0.3, -0.25) is 0 Å². The number of amides is 1. The van der Waals surface area contributed by atoms with Crippen molar-refractivity contribution in [3.05, 3.63) is 42.1 Å². The van der Waals surface area contributed by atoms with E-state index < -0.39 is 6.09 Å². The van der Waals surface area contributed by atoms with Gasteiger partial charge in [0.2, 0.25) is 5.88 Å². The minimum absolute atomic E-state index is 0.0988. The average molecular weight is 422 g/mol. The highest BCUT2D eigenvalue weighted by atomic mass is 16.5. The highest BCUT2D eigenvalue weighted by Gasteiger charge is 2.23. The van der Waals surface area contributed by atoms with E-state index in [9.17, 15) is 4.79 Å². The molecular formula is C23H26N4O4. The molecule has 2 atom stereocenters. The first kappa shape index (κ1) is 19.8. The summed E-state index contributed by atoms with van der Waals surface area (Å²) in [4.78, 5) is 16.5. The number of hydrogen-bond donors (Lipinski definition) is 1. The number of benzene rings is 1. The van der Waals surface area contributed by atoms with Gasteiger partial charge in [0.1, 0.15) is 12.3 Å². The molecule has 1 saturated heterocycles. The monoisotopic (exact) mass is 422 g/mol. The molecule has 4 heterocycles. The molecule has 1 N–H and O–H groups in total. The van der Waals surface area contributed by atoms with Crippen LogP contribution in [-0.4, -0.2) is 40.1 Å². The first-order valence-corrected chi connectivity index (χ1v) is 10.8. The summed E-state index contributed by atoms with van der Waals surface area (Å²) >= 11 is 0. The van der Waals surface area contributed by atoms with Crippen LogP contribution in [0, 0.1) is 0 Å². The maximum absolute atomic E-state index is 12.0. The van der Waals surface area contributed by atoms with E-state index in [1.54, 1.807) is 0 Å². The van der Waals surface area contributed by atoms with Crippen molar-refractivity contribution in [3.8, 4) is 17.1 Å². The van der Waals surface area contributed by atoms with Crippen LogP contribution < -0.4 is 10.1 Å². The lowest BCUT2D eigenvalue weighted by atomic mass is 10.1. The zero-order chi connectivity index (χ0) is 21.2. The molecule has 3 aromatic rings. The Kier molecular flexibility index (Phi) is 5.46. The Morgan fingerprint density at radius 2 is 2.13 bits per heavy atom. The number of aromatic nitrogens is 3. The van der Waals surface area contributed by atoms with Gasteiger partial charge in [-0.2, -0.15) is 5.10 Å². The van der Waals surface area contributed by atoms with Gasteiger partial charge in [0.15, 0.2) is 6.23 Å². The summed E-state index contributed by atoms with van der Waals surface area (Å²) in [6.07, 6.45) is 4.93. The normalized spacial score (nSPS) is 22.2. The van der Waals surface area contributed by atoms with Crippen molar-refractivity contribution in [2.75, 3.05) is 13.2 Å². The van der Waals surface area contributed by atoms with Gasteiger partial charge in [-0.25, -0.2) is 14.5 Å². The van der Waals surface area contributed by atoms with E-state index >= 15 is 0 Å². The van der Waals surface area contributed by atoms with Crippen molar-refractivity contribution in [2.24, 2.45) is 0 Å². The first-order chi connectivity index (χ1) is 15.2. The molecule has 1 unspecified atom stereocenters. The Labute approximate surface area is 180 Å². The highest BCUT2D eigenvalue weighted by Crippen LogP contribution is 2.34. The SMILES string of the molecule is C[C@@H]1CCNC(=O)OCc2cccc(c2)-c2nn(C3CCCCO3)c3cnc(cc23)O1. The topological polar surface area (TPSA) is 87.5 Å². The van der Waals surface area contributed by atoms with Gasteiger partial charge in [0.25, 0.3) is 0 Å². The molecule has 1 aromatic carbocycles. The third kappa shape index (κ3) is 4.20. The standard InChI is InChI=1S/C23H26N4O4/c1-15-8-9-24-23(28)30-14-16-5-4-6-17(11-16)22-18-12-20(31-15)25-13-19(18)27(26-22)21-7-2-3-10-29-21/h4-6,11-13,15,21H,2-3,7-10,14H2,1H3,(H,24,28)/t15-,21?/m1/s1. The van der Waals surface area contributed by atoms with E-state index in [0.29, 0.717) is 18.8 Å². The lowest BCUT2D eigenvalue weighted by Gasteiger charge is -2.23. The molecule has 1 fully saturated rings. The largest absolute Gasteiger partial charge is 0.475 e. The van der Waals surface area contributed by atoms with Crippen molar-refractivity contribution < 1.29 is 19.0 Å². The summed E-state index contributed by atoms with van der Waals surface area (Å²) in [6, 6.07) is 9.86. The van der Waals surface area contributed by atoms with Crippen LogP contribution in [0.5, 0.6) is 5.88 Å². The number of cyclic esters (lactones) is 1. The molecule has 8 heteroatoms. The quantitative estimate of drug-likeness (QED) is 0.633. The molecule has 8 nitrogen and oxygen atoms in total. The fraction of sp³-hybridized carbons (Fsp3) is 0.435. The van der Waals surface area contributed by atoms with Crippen LogP contribution >= 0.6 is 0 Å². The Hall–Kier alpha value is -3.13.